The number of methoxy groups -OCH3 is 1. The highest BCUT2D eigenvalue weighted by Gasteiger charge is 2.07. The fourth-order valence-corrected chi connectivity index (χ4v) is 1.65. The lowest BCUT2D eigenvalue weighted by Gasteiger charge is -2.18. The Labute approximate surface area is 92.6 Å². The molecule has 1 aromatic rings. The highest BCUT2D eigenvalue weighted by molar-refractivity contribution is 5.58. The maximum Gasteiger partial charge on any atom is 0.141 e. The predicted molar refractivity (Wildman–Crippen MR) is 65.7 cm³/mol. The van der Waals surface area contributed by atoms with Crippen LogP contribution >= 0.6 is 0 Å². The molecule has 0 aromatic heterocycles. The first kappa shape index (κ1) is 11.9. The third-order valence-electron chi connectivity index (χ3n) is 2.70. The molecule has 84 valence electrons. The van der Waals surface area contributed by atoms with Crippen LogP contribution < -0.4 is 10.1 Å². The number of anilines is 1. The van der Waals surface area contributed by atoms with Crippen molar-refractivity contribution < 1.29 is 4.74 Å². The van der Waals surface area contributed by atoms with E-state index in [1.807, 2.05) is 6.07 Å². The maximum atomic E-state index is 5.33. The standard InChI is InChI=1S/C13H21NO/c1-5-11(6-2)14-12-9-10(3)7-8-13(12)15-4/h7-9,11,14H,5-6H2,1-4H3. The van der Waals surface area contributed by atoms with Crippen molar-refractivity contribution in [1.29, 1.82) is 0 Å². The van der Waals surface area contributed by atoms with Crippen LogP contribution in [0.15, 0.2) is 18.2 Å². The van der Waals surface area contributed by atoms with Crippen LogP contribution in [0.5, 0.6) is 5.75 Å². The molecule has 0 radical (unpaired) electrons. The smallest absolute Gasteiger partial charge is 0.141 e. The number of benzene rings is 1. The number of rotatable bonds is 5. The number of hydrogen-bond acceptors (Lipinski definition) is 2. The van der Waals surface area contributed by atoms with E-state index in [1.54, 1.807) is 7.11 Å². The highest BCUT2D eigenvalue weighted by Crippen LogP contribution is 2.26. The molecule has 0 bridgehead atoms. The van der Waals surface area contributed by atoms with Crippen molar-refractivity contribution in [2.45, 2.75) is 39.7 Å². The first-order valence-electron chi connectivity index (χ1n) is 5.62. The Balaban J connectivity index is 2.86. The third-order valence-corrected chi connectivity index (χ3v) is 2.70. The number of aryl methyl sites for hydroxylation is 1. The summed E-state index contributed by atoms with van der Waals surface area (Å²) in [5, 5.41) is 3.51. The summed E-state index contributed by atoms with van der Waals surface area (Å²) in [6, 6.07) is 6.74. The van der Waals surface area contributed by atoms with E-state index in [4.69, 9.17) is 4.74 Å². The summed E-state index contributed by atoms with van der Waals surface area (Å²) < 4.78 is 5.33. The van der Waals surface area contributed by atoms with Crippen molar-refractivity contribution in [3.05, 3.63) is 23.8 Å². The van der Waals surface area contributed by atoms with Gasteiger partial charge in [-0.15, -0.1) is 0 Å². The van der Waals surface area contributed by atoms with Crippen LogP contribution in [0, 0.1) is 6.92 Å². The molecule has 15 heavy (non-hydrogen) atoms. The van der Waals surface area contributed by atoms with Gasteiger partial charge in [0.25, 0.3) is 0 Å². The molecule has 2 nitrogen and oxygen atoms in total. The SMILES string of the molecule is CCC(CC)Nc1cc(C)ccc1OC. The molecule has 0 fully saturated rings. The van der Waals surface area contributed by atoms with Gasteiger partial charge >= 0.3 is 0 Å². The lowest BCUT2D eigenvalue weighted by atomic mass is 10.1. The van der Waals surface area contributed by atoms with E-state index >= 15 is 0 Å². The molecular formula is C13H21NO. The van der Waals surface area contributed by atoms with Gasteiger partial charge in [-0.2, -0.15) is 0 Å². The Bertz CT molecular complexity index is 305. The second-order valence-electron chi connectivity index (χ2n) is 3.86. The normalized spacial score (nSPS) is 10.5. The van der Waals surface area contributed by atoms with Gasteiger partial charge in [0, 0.05) is 6.04 Å². The van der Waals surface area contributed by atoms with E-state index in [-0.39, 0.29) is 0 Å². The van der Waals surface area contributed by atoms with Crippen molar-refractivity contribution in [2.24, 2.45) is 0 Å². The summed E-state index contributed by atoms with van der Waals surface area (Å²) in [6.45, 7) is 6.49. The van der Waals surface area contributed by atoms with Crippen LogP contribution in [-0.4, -0.2) is 13.2 Å². The zero-order valence-corrected chi connectivity index (χ0v) is 10.1. The highest BCUT2D eigenvalue weighted by atomic mass is 16.5. The van der Waals surface area contributed by atoms with Crippen molar-refractivity contribution in [3.8, 4) is 5.75 Å². The lowest BCUT2D eigenvalue weighted by Crippen LogP contribution is -2.17. The van der Waals surface area contributed by atoms with Crippen molar-refractivity contribution in [3.63, 3.8) is 0 Å². The van der Waals surface area contributed by atoms with Crippen LogP contribution in [0.1, 0.15) is 32.3 Å². The molecular weight excluding hydrogens is 186 g/mol. The van der Waals surface area contributed by atoms with Crippen LogP contribution in [-0.2, 0) is 0 Å². The maximum absolute atomic E-state index is 5.33. The fourth-order valence-electron chi connectivity index (χ4n) is 1.65. The monoisotopic (exact) mass is 207 g/mol. The molecule has 0 aliphatic heterocycles. The van der Waals surface area contributed by atoms with E-state index < -0.39 is 0 Å². The van der Waals surface area contributed by atoms with Gasteiger partial charge in [0.05, 0.1) is 12.8 Å². The molecule has 0 saturated heterocycles. The van der Waals surface area contributed by atoms with E-state index in [2.05, 4.69) is 38.2 Å². The molecule has 1 aromatic carbocycles. The van der Waals surface area contributed by atoms with Gasteiger partial charge in [-0.1, -0.05) is 19.9 Å². The van der Waals surface area contributed by atoms with Gasteiger partial charge in [-0.05, 0) is 37.5 Å². The molecule has 0 heterocycles. The summed E-state index contributed by atoms with van der Waals surface area (Å²) in [5.41, 5.74) is 2.36. The zero-order chi connectivity index (χ0) is 11.3. The quantitative estimate of drug-likeness (QED) is 0.796. The summed E-state index contributed by atoms with van der Waals surface area (Å²) >= 11 is 0. The Kier molecular flexibility index (Phi) is 4.47. The van der Waals surface area contributed by atoms with Crippen molar-refractivity contribution in [2.75, 3.05) is 12.4 Å². The minimum atomic E-state index is 0.528. The summed E-state index contributed by atoms with van der Waals surface area (Å²) in [5.74, 6) is 0.924. The van der Waals surface area contributed by atoms with Gasteiger partial charge < -0.3 is 10.1 Å². The van der Waals surface area contributed by atoms with Crippen molar-refractivity contribution >= 4 is 5.69 Å². The fraction of sp³-hybridized carbons (Fsp3) is 0.538. The lowest BCUT2D eigenvalue weighted by molar-refractivity contribution is 0.415. The van der Waals surface area contributed by atoms with Crippen LogP contribution in [0.25, 0.3) is 0 Å². The Hall–Kier alpha value is -1.18. The molecule has 0 saturated carbocycles. The largest absolute Gasteiger partial charge is 0.495 e. The van der Waals surface area contributed by atoms with E-state index in [1.165, 1.54) is 5.56 Å². The minimum Gasteiger partial charge on any atom is -0.495 e. The first-order chi connectivity index (χ1) is 7.21. The molecule has 0 atom stereocenters. The average Bonchev–Trinajstić information content (AvgIpc) is 2.26. The second kappa shape index (κ2) is 5.64. The summed E-state index contributed by atoms with van der Waals surface area (Å²) in [6.07, 6.45) is 2.27. The predicted octanol–water partition coefficient (Wildman–Crippen LogP) is 3.60. The van der Waals surface area contributed by atoms with Crippen LogP contribution in [0.3, 0.4) is 0 Å². The van der Waals surface area contributed by atoms with E-state index in [0.29, 0.717) is 6.04 Å². The van der Waals surface area contributed by atoms with Gasteiger partial charge in [0.2, 0.25) is 0 Å². The number of ether oxygens (including phenoxy) is 1. The van der Waals surface area contributed by atoms with Gasteiger partial charge in [0.15, 0.2) is 0 Å². The molecule has 0 unspecified atom stereocenters. The molecule has 0 aliphatic rings. The van der Waals surface area contributed by atoms with E-state index in [0.717, 1.165) is 24.3 Å². The Morgan fingerprint density at radius 2 is 1.93 bits per heavy atom. The molecule has 0 aliphatic carbocycles. The molecule has 2 heteroatoms. The zero-order valence-electron chi connectivity index (χ0n) is 10.1. The minimum absolute atomic E-state index is 0.528. The Morgan fingerprint density at radius 3 is 2.47 bits per heavy atom. The Morgan fingerprint density at radius 1 is 1.27 bits per heavy atom. The molecule has 1 rings (SSSR count). The van der Waals surface area contributed by atoms with E-state index in [9.17, 15) is 0 Å². The first-order valence-corrected chi connectivity index (χ1v) is 5.62. The second-order valence-corrected chi connectivity index (χ2v) is 3.86. The molecule has 1 N–H and O–H groups in total. The van der Waals surface area contributed by atoms with Crippen LogP contribution in [0.2, 0.25) is 0 Å². The third kappa shape index (κ3) is 3.15. The number of hydrogen-bond donors (Lipinski definition) is 1. The molecule has 0 spiro atoms. The average molecular weight is 207 g/mol. The van der Waals surface area contributed by atoms with Crippen LogP contribution in [0.4, 0.5) is 5.69 Å². The topological polar surface area (TPSA) is 21.3 Å². The number of nitrogens with one attached hydrogen (secondary N) is 1. The summed E-state index contributed by atoms with van der Waals surface area (Å²) in [7, 11) is 1.71. The summed E-state index contributed by atoms with van der Waals surface area (Å²) in [4.78, 5) is 0. The van der Waals surface area contributed by atoms with Gasteiger partial charge in [0.1, 0.15) is 5.75 Å². The van der Waals surface area contributed by atoms with Gasteiger partial charge in [-0.3, -0.25) is 0 Å². The molecule has 0 amide bonds. The van der Waals surface area contributed by atoms with Crippen molar-refractivity contribution in [1.82, 2.24) is 0 Å². The van der Waals surface area contributed by atoms with Gasteiger partial charge in [-0.25, -0.2) is 0 Å².